The Kier molecular flexibility index (Phi) is 4.69. The van der Waals surface area contributed by atoms with Crippen molar-refractivity contribution < 1.29 is 14.6 Å². The number of nitrogens with zero attached hydrogens (tertiary/aromatic N) is 1. The summed E-state index contributed by atoms with van der Waals surface area (Å²) in [5, 5.41) is 15.4. The van der Waals surface area contributed by atoms with E-state index in [0.29, 0.717) is 24.4 Å². The van der Waals surface area contributed by atoms with E-state index in [4.69, 9.17) is 4.74 Å². The molecule has 1 unspecified atom stereocenters. The molecule has 0 aliphatic carbocycles. The number of rotatable bonds is 4. The lowest BCUT2D eigenvalue weighted by Gasteiger charge is -2.34. The van der Waals surface area contributed by atoms with E-state index in [1.54, 1.807) is 7.11 Å². The van der Waals surface area contributed by atoms with Gasteiger partial charge in [0, 0.05) is 24.0 Å². The van der Waals surface area contributed by atoms with E-state index in [9.17, 15) is 9.90 Å². The summed E-state index contributed by atoms with van der Waals surface area (Å²) >= 11 is 0. The zero-order valence-electron chi connectivity index (χ0n) is 15.2. The number of para-hydroxylation sites is 2. The molecule has 2 N–H and O–H groups in total. The number of methoxy groups -OCH3 is 1. The Morgan fingerprint density at radius 2 is 1.93 bits per heavy atom. The monoisotopic (exact) mass is 362 g/mol. The molecule has 1 atom stereocenters. The van der Waals surface area contributed by atoms with Crippen molar-refractivity contribution in [3.63, 3.8) is 0 Å². The van der Waals surface area contributed by atoms with Crippen LogP contribution >= 0.6 is 0 Å². The Labute approximate surface area is 158 Å². The van der Waals surface area contributed by atoms with Crippen molar-refractivity contribution in [3.8, 4) is 5.75 Å². The fraction of sp³-hybridized carbons (Fsp3) is 0.227. The van der Waals surface area contributed by atoms with E-state index < -0.39 is 6.10 Å². The summed E-state index contributed by atoms with van der Waals surface area (Å²) in [5.41, 5.74) is 2.74. The normalized spacial score (nSPS) is 16.1. The second kappa shape index (κ2) is 7.29. The van der Waals surface area contributed by atoms with Crippen molar-refractivity contribution in [1.82, 2.24) is 0 Å². The number of carbonyl (C=O) groups excluding carboxylic acids is 1. The maximum absolute atomic E-state index is 12.7. The molecule has 0 bridgehead atoms. The van der Waals surface area contributed by atoms with Crippen LogP contribution in [0.3, 0.4) is 0 Å². The number of aliphatic hydroxyl groups is 1. The maximum Gasteiger partial charge on any atom is 0.243 e. The SMILES string of the molecule is COc1ccccc1NC(=O)CN1CC(O)Cc2ccc3ccccc3c21. The molecule has 3 aromatic rings. The molecule has 1 aliphatic heterocycles. The van der Waals surface area contributed by atoms with Gasteiger partial charge in [0.25, 0.3) is 0 Å². The molecule has 5 nitrogen and oxygen atoms in total. The lowest BCUT2D eigenvalue weighted by Crippen LogP contribution is -2.43. The van der Waals surface area contributed by atoms with E-state index in [0.717, 1.165) is 22.0 Å². The third-order valence-corrected chi connectivity index (χ3v) is 4.90. The number of fused-ring (bicyclic) bond motifs is 3. The number of ether oxygens (including phenoxy) is 1. The quantitative estimate of drug-likeness (QED) is 0.748. The smallest absolute Gasteiger partial charge is 0.243 e. The molecule has 0 aromatic heterocycles. The molecule has 0 fully saturated rings. The largest absolute Gasteiger partial charge is 0.495 e. The zero-order chi connectivity index (χ0) is 18.8. The van der Waals surface area contributed by atoms with Crippen LogP contribution in [0.4, 0.5) is 11.4 Å². The van der Waals surface area contributed by atoms with Gasteiger partial charge < -0.3 is 20.1 Å². The van der Waals surface area contributed by atoms with Crippen molar-refractivity contribution in [2.24, 2.45) is 0 Å². The molecule has 1 aliphatic rings. The van der Waals surface area contributed by atoms with Gasteiger partial charge >= 0.3 is 0 Å². The highest BCUT2D eigenvalue weighted by Gasteiger charge is 2.26. The second-order valence-corrected chi connectivity index (χ2v) is 6.78. The molecule has 4 rings (SSSR count). The molecular formula is C22H22N2O3. The van der Waals surface area contributed by atoms with Crippen LogP contribution in [0.15, 0.2) is 60.7 Å². The molecular weight excluding hydrogens is 340 g/mol. The van der Waals surface area contributed by atoms with Crippen LogP contribution in [0.1, 0.15) is 5.56 Å². The molecule has 5 heteroatoms. The number of aliphatic hydroxyl groups excluding tert-OH is 1. The predicted molar refractivity (Wildman–Crippen MR) is 107 cm³/mol. The van der Waals surface area contributed by atoms with E-state index in [-0.39, 0.29) is 12.5 Å². The molecule has 0 saturated heterocycles. The van der Waals surface area contributed by atoms with Gasteiger partial charge in [-0.3, -0.25) is 4.79 Å². The van der Waals surface area contributed by atoms with Crippen LogP contribution in [-0.4, -0.2) is 37.3 Å². The van der Waals surface area contributed by atoms with Gasteiger partial charge in [-0.25, -0.2) is 0 Å². The van der Waals surface area contributed by atoms with Crippen molar-refractivity contribution in [2.75, 3.05) is 30.4 Å². The summed E-state index contributed by atoms with van der Waals surface area (Å²) in [6.45, 7) is 0.594. The number of benzene rings is 3. The van der Waals surface area contributed by atoms with E-state index >= 15 is 0 Å². The first-order valence-corrected chi connectivity index (χ1v) is 9.02. The summed E-state index contributed by atoms with van der Waals surface area (Å²) in [5.74, 6) is 0.475. The Morgan fingerprint density at radius 1 is 1.15 bits per heavy atom. The van der Waals surface area contributed by atoms with Crippen molar-refractivity contribution in [2.45, 2.75) is 12.5 Å². The van der Waals surface area contributed by atoms with Crippen LogP contribution < -0.4 is 15.0 Å². The third-order valence-electron chi connectivity index (χ3n) is 4.90. The van der Waals surface area contributed by atoms with Gasteiger partial charge in [0.1, 0.15) is 5.75 Å². The lowest BCUT2D eigenvalue weighted by molar-refractivity contribution is -0.115. The average molecular weight is 362 g/mol. The number of β-amino-alcohol motifs (C(OH)–C–C–N with tert-alkyl or cyclic N) is 1. The minimum atomic E-state index is -0.488. The summed E-state index contributed by atoms with van der Waals surface area (Å²) < 4.78 is 5.30. The van der Waals surface area contributed by atoms with Gasteiger partial charge in [-0.2, -0.15) is 0 Å². The molecule has 0 saturated carbocycles. The van der Waals surface area contributed by atoms with Crippen LogP contribution in [0.5, 0.6) is 5.75 Å². The lowest BCUT2D eigenvalue weighted by atomic mass is 9.95. The first-order valence-electron chi connectivity index (χ1n) is 9.02. The molecule has 1 amide bonds. The topological polar surface area (TPSA) is 61.8 Å². The van der Waals surface area contributed by atoms with Crippen LogP contribution in [0.25, 0.3) is 10.8 Å². The van der Waals surface area contributed by atoms with Gasteiger partial charge in [0.05, 0.1) is 25.4 Å². The minimum absolute atomic E-state index is 0.146. The molecule has 0 radical (unpaired) electrons. The Bertz CT molecular complexity index is 986. The third kappa shape index (κ3) is 3.46. The summed E-state index contributed by atoms with van der Waals surface area (Å²) in [6, 6.07) is 19.6. The number of hydrogen-bond acceptors (Lipinski definition) is 4. The minimum Gasteiger partial charge on any atom is -0.495 e. The van der Waals surface area contributed by atoms with Gasteiger partial charge in [0.2, 0.25) is 5.91 Å². The molecule has 3 aromatic carbocycles. The number of amides is 1. The summed E-state index contributed by atoms with van der Waals surface area (Å²) in [6.07, 6.45) is 0.114. The first-order chi connectivity index (χ1) is 13.2. The Balaban J connectivity index is 1.63. The predicted octanol–water partition coefficient (Wildman–Crippen LogP) is 3.21. The maximum atomic E-state index is 12.7. The fourth-order valence-electron chi connectivity index (χ4n) is 3.76. The van der Waals surface area contributed by atoms with Crippen LogP contribution in [0.2, 0.25) is 0 Å². The standard InChI is InChI=1S/C22H22N2O3/c1-27-20-9-5-4-8-19(20)23-21(26)14-24-13-17(25)12-16-11-10-15-6-2-3-7-18(15)22(16)24/h2-11,17,25H,12-14H2,1H3,(H,23,26). The van der Waals surface area contributed by atoms with Crippen LogP contribution in [0, 0.1) is 0 Å². The van der Waals surface area contributed by atoms with Crippen molar-refractivity contribution >= 4 is 28.1 Å². The van der Waals surface area contributed by atoms with Gasteiger partial charge in [0.15, 0.2) is 0 Å². The van der Waals surface area contributed by atoms with Gasteiger partial charge in [-0.05, 0) is 23.1 Å². The molecule has 27 heavy (non-hydrogen) atoms. The van der Waals surface area contributed by atoms with E-state index in [1.165, 1.54) is 0 Å². The van der Waals surface area contributed by atoms with Gasteiger partial charge in [-0.15, -0.1) is 0 Å². The highest BCUT2D eigenvalue weighted by molar-refractivity contribution is 6.00. The molecule has 0 spiro atoms. The highest BCUT2D eigenvalue weighted by atomic mass is 16.5. The summed E-state index contributed by atoms with van der Waals surface area (Å²) in [7, 11) is 1.58. The van der Waals surface area contributed by atoms with E-state index in [2.05, 4.69) is 23.5 Å². The Morgan fingerprint density at radius 3 is 2.78 bits per heavy atom. The van der Waals surface area contributed by atoms with E-state index in [1.807, 2.05) is 47.4 Å². The summed E-state index contributed by atoms with van der Waals surface area (Å²) in [4.78, 5) is 14.7. The van der Waals surface area contributed by atoms with Crippen molar-refractivity contribution in [1.29, 1.82) is 0 Å². The second-order valence-electron chi connectivity index (χ2n) is 6.78. The molecule has 1 heterocycles. The number of anilines is 2. The Hall–Kier alpha value is -3.05. The molecule has 138 valence electrons. The van der Waals surface area contributed by atoms with Gasteiger partial charge in [-0.1, -0.05) is 48.5 Å². The van der Waals surface area contributed by atoms with Crippen molar-refractivity contribution in [3.05, 3.63) is 66.2 Å². The number of nitrogens with one attached hydrogen (secondary N) is 1. The zero-order valence-corrected chi connectivity index (χ0v) is 15.2. The number of carbonyl (C=O) groups is 1. The fourth-order valence-corrected chi connectivity index (χ4v) is 3.76. The van der Waals surface area contributed by atoms with Crippen LogP contribution in [-0.2, 0) is 11.2 Å². The average Bonchev–Trinajstić information content (AvgIpc) is 2.67. The highest BCUT2D eigenvalue weighted by Crippen LogP contribution is 2.35. The first kappa shape index (κ1) is 17.4. The number of hydrogen-bond donors (Lipinski definition) is 2.